The molecule has 1 aliphatic heterocycles. The molecule has 0 radical (unpaired) electrons. The molecule has 162 valence electrons. The number of thioether (sulfide) groups is 1. The van der Waals surface area contributed by atoms with E-state index in [0.717, 1.165) is 11.1 Å². The standard InChI is InChI=1S/C23H24FN3O3S/c24-20-21(30-14-17-9-5-2-6-10-17)18(15-29-13-16-7-3-1-4-8-16)31-22(20)27-12-11-19(25)26-23(27)28/h1-12,18,20-22H,13-15H2,(H2,25,26,28)/t18-,20+,21+,22-/m0/s1. The first kappa shape index (κ1) is 21.5. The van der Waals surface area contributed by atoms with Crippen LogP contribution in [0.5, 0.6) is 0 Å². The van der Waals surface area contributed by atoms with Crippen molar-refractivity contribution in [2.45, 2.75) is 36.1 Å². The minimum Gasteiger partial charge on any atom is -0.383 e. The number of hydrogen-bond donors (Lipinski definition) is 1. The van der Waals surface area contributed by atoms with Gasteiger partial charge in [0, 0.05) is 6.20 Å². The molecule has 0 unspecified atom stereocenters. The summed E-state index contributed by atoms with van der Waals surface area (Å²) in [6.45, 7) is 1.00. The topological polar surface area (TPSA) is 79.4 Å². The van der Waals surface area contributed by atoms with E-state index in [2.05, 4.69) is 4.98 Å². The number of nitrogens with two attached hydrogens (primary N) is 1. The van der Waals surface area contributed by atoms with Crippen molar-refractivity contribution in [1.29, 1.82) is 0 Å². The van der Waals surface area contributed by atoms with E-state index < -0.39 is 23.3 Å². The van der Waals surface area contributed by atoms with Crippen molar-refractivity contribution in [3.63, 3.8) is 0 Å². The lowest BCUT2D eigenvalue weighted by Crippen LogP contribution is -2.35. The van der Waals surface area contributed by atoms with Crippen molar-refractivity contribution < 1.29 is 13.9 Å². The molecule has 0 spiro atoms. The molecular weight excluding hydrogens is 417 g/mol. The van der Waals surface area contributed by atoms with E-state index in [-0.39, 0.29) is 17.7 Å². The van der Waals surface area contributed by atoms with Gasteiger partial charge in [-0.1, -0.05) is 60.7 Å². The molecule has 1 fully saturated rings. The van der Waals surface area contributed by atoms with Crippen LogP contribution in [0.4, 0.5) is 10.2 Å². The molecule has 0 saturated carbocycles. The third-order valence-electron chi connectivity index (χ3n) is 5.07. The summed E-state index contributed by atoms with van der Waals surface area (Å²) in [5.74, 6) is 0.110. The van der Waals surface area contributed by atoms with Crippen LogP contribution in [0.15, 0.2) is 77.7 Å². The number of halogens is 1. The highest BCUT2D eigenvalue weighted by Crippen LogP contribution is 2.45. The Morgan fingerprint density at radius 1 is 1.00 bits per heavy atom. The second kappa shape index (κ2) is 10.1. The Labute approximate surface area is 184 Å². The van der Waals surface area contributed by atoms with E-state index in [0.29, 0.717) is 13.2 Å². The van der Waals surface area contributed by atoms with Crippen LogP contribution in [0.1, 0.15) is 16.5 Å². The average molecular weight is 442 g/mol. The zero-order valence-electron chi connectivity index (χ0n) is 16.8. The maximum Gasteiger partial charge on any atom is 0.350 e. The minimum absolute atomic E-state index is 0.110. The SMILES string of the molecule is Nc1ccn([C@H]2S[C@@H](COCc3ccccc3)[C@@H](OCc3ccccc3)[C@H]2F)c(=O)n1. The second-order valence-corrected chi connectivity index (χ2v) is 8.67. The Kier molecular flexibility index (Phi) is 7.01. The summed E-state index contributed by atoms with van der Waals surface area (Å²) in [6.07, 6.45) is -0.645. The fraction of sp³-hybridized carbons (Fsp3) is 0.304. The lowest BCUT2D eigenvalue weighted by atomic mass is 10.1. The van der Waals surface area contributed by atoms with Gasteiger partial charge < -0.3 is 15.2 Å². The average Bonchev–Trinajstić information content (AvgIpc) is 3.09. The number of rotatable bonds is 8. The molecule has 8 heteroatoms. The molecule has 4 rings (SSSR count). The van der Waals surface area contributed by atoms with Gasteiger partial charge >= 0.3 is 5.69 Å². The summed E-state index contributed by atoms with van der Waals surface area (Å²) in [4.78, 5) is 16.0. The molecule has 1 aromatic heterocycles. The summed E-state index contributed by atoms with van der Waals surface area (Å²) in [5.41, 5.74) is 7.00. The van der Waals surface area contributed by atoms with Crippen LogP contribution in [0.25, 0.3) is 0 Å². The Balaban J connectivity index is 1.48. The van der Waals surface area contributed by atoms with Crippen molar-refractivity contribution in [1.82, 2.24) is 9.55 Å². The van der Waals surface area contributed by atoms with Crippen LogP contribution in [-0.2, 0) is 22.7 Å². The molecule has 31 heavy (non-hydrogen) atoms. The number of anilines is 1. The van der Waals surface area contributed by atoms with Gasteiger partial charge in [-0.05, 0) is 17.2 Å². The molecule has 3 aromatic rings. The Bertz CT molecular complexity index is 1030. The van der Waals surface area contributed by atoms with E-state index in [1.807, 2.05) is 60.7 Å². The fourth-order valence-electron chi connectivity index (χ4n) is 3.50. The quantitative estimate of drug-likeness (QED) is 0.576. The minimum atomic E-state index is -1.40. The highest BCUT2D eigenvalue weighted by atomic mass is 32.2. The predicted molar refractivity (Wildman–Crippen MR) is 119 cm³/mol. The number of nitrogens with zero attached hydrogens (tertiary/aromatic N) is 2. The lowest BCUT2D eigenvalue weighted by Gasteiger charge is -2.21. The van der Waals surface area contributed by atoms with Crippen LogP contribution >= 0.6 is 11.8 Å². The number of ether oxygens (including phenoxy) is 2. The molecule has 0 bridgehead atoms. The van der Waals surface area contributed by atoms with Gasteiger partial charge in [0.2, 0.25) is 0 Å². The van der Waals surface area contributed by atoms with Crippen molar-refractivity contribution in [3.8, 4) is 0 Å². The first-order valence-electron chi connectivity index (χ1n) is 10.0. The Hall–Kier alpha value is -2.68. The molecule has 6 nitrogen and oxygen atoms in total. The molecule has 0 aliphatic carbocycles. The van der Waals surface area contributed by atoms with Gasteiger partial charge in [-0.2, -0.15) is 4.98 Å². The number of aromatic nitrogens is 2. The number of nitrogen functional groups attached to an aromatic ring is 1. The van der Waals surface area contributed by atoms with Gasteiger partial charge in [0.15, 0.2) is 6.17 Å². The maximum absolute atomic E-state index is 15.5. The van der Waals surface area contributed by atoms with Crippen LogP contribution in [0.3, 0.4) is 0 Å². The third-order valence-corrected chi connectivity index (χ3v) is 6.59. The molecule has 1 aliphatic rings. The smallest absolute Gasteiger partial charge is 0.350 e. The van der Waals surface area contributed by atoms with E-state index in [1.165, 1.54) is 28.6 Å². The second-order valence-electron chi connectivity index (χ2n) is 7.31. The molecule has 0 amide bonds. The molecule has 2 N–H and O–H groups in total. The van der Waals surface area contributed by atoms with Gasteiger partial charge in [-0.15, -0.1) is 11.8 Å². The zero-order chi connectivity index (χ0) is 21.6. The largest absolute Gasteiger partial charge is 0.383 e. The summed E-state index contributed by atoms with van der Waals surface area (Å²) < 4.78 is 28.7. The van der Waals surface area contributed by atoms with E-state index in [4.69, 9.17) is 15.2 Å². The maximum atomic E-state index is 15.5. The van der Waals surface area contributed by atoms with Crippen LogP contribution in [0, 0.1) is 0 Å². The molecule has 2 aromatic carbocycles. The fourth-order valence-corrected chi connectivity index (χ4v) is 5.02. The molecular formula is C23H24FN3O3S. The van der Waals surface area contributed by atoms with Gasteiger partial charge in [0.05, 0.1) is 25.1 Å². The van der Waals surface area contributed by atoms with Crippen molar-refractivity contribution >= 4 is 17.6 Å². The van der Waals surface area contributed by atoms with Crippen LogP contribution < -0.4 is 11.4 Å². The highest BCUT2D eigenvalue weighted by molar-refractivity contribution is 8.00. The number of alkyl halides is 1. The van der Waals surface area contributed by atoms with Gasteiger partial charge in [0.25, 0.3) is 0 Å². The predicted octanol–water partition coefficient (Wildman–Crippen LogP) is 3.58. The summed E-state index contributed by atoms with van der Waals surface area (Å²) in [5, 5.41) is -1.04. The Morgan fingerprint density at radius 2 is 1.65 bits per heavy atom. The molecule has 4 atom stereocenters. The monoisotopic (exact) mass is 441 g/mol. The first-order valence-corrected chi connectivity index (χ1v) is 11.0. The van der Waals surface area contributed by atoms with Crippen molar-refractivity contribution in [2.75, 3.05) is 12.3 Å². The van der Waals surface area contributed by atoms with Crippen molar-refractivity contribution in [3.05, 3.63) is 94.5 Å². The van der Waals surface area contributed by atoms with Crippen LogP contribution in [0.2, 0.25) is 0 Å². The summed E-state index contributed by atoms with van der Waals surface area (Å²) in [6, 6.07) is 20.9. The highest BCUT2D eigenvalue weighted by Gasteiger charge is 2.47. The first-order chi connectivity index (χ1) is 15.1. The summed E-state index contributed by atoms with van der Waals surface area (Å²) in [7, 11) is 0. The van der Waals surface area contributed by atoms with E-state index in [1.54, 1.807) is 0 Å². The molecule has 1 saturated heterocycles. The Morgan fingerprint density at radius 3 is 2.29 bits per heavy atom. The van der Waals surface area contributed by atoms with E-state index in [9.17, 15) is 4.79 Å². The number of hydrogen-bond acceptors (Lipinski definition) is 6. The summed E-state index contributed by atoms with van der Waals surface area (Å²) >= 11 is 1.33. The van der Waals surface area contributed by atoms with Gasteiger partial charge in [-0.25, -0.2) is 9.18 Å². The lowest BCUT2D eigenvalue weighted by molar-refractivity contribution is -0.0262. The van der Waals surface area contributed by atoms with Gasteiger partial charge in [0.1, 0.15) is 17.3 Å². The molecule has 2 heterocycles. The van der Waals surface area contributed by atoms with Crippen LogP contribution in [-0.4, -0.2) is 33.7 Å². The zero-order valence-corrected chi connectivity index (χ0v) is 17.7. The number of benzene rings is 2. The van der Waals surface area contributed by atoms with E-state index >= 15 is 4.39 Å². The third kappa shape index (κ3) is 5.33. The normalized spacial score (nSPS) is 23.1. The van der Waals surface area contributed by atoms with Crippen molar-refractivity contribution in [2.24, 2.45) is 0 Å². The van der Waals surface area contributed by atoms with Gasteiger partial charge in [-0.3, -0.25) is 4.57 Å².